The van der Waals surface area contributed by atoms with Gasteiger partial charge >= 0.3 is 0 Å². The number of rotatable bonds is 1. The van der Waals surface area contributed by atoms with Gasteiger partial charge in [-0.3, -0.25) is 0 Å². The number of allylic oxidation sites excluding steroid dienone is 5. The highest BCUT2D eigenvalue weighted by Crippen LogP contribution is 2.63. The van der Waals surface area contributed by atoms with Crippen molar-refractivity contribution in [2.45, 2.75) is 46.0 Å². The van der Waals surface area contributed by atoms with Crippen molar-refractivity contribution >= 4 is 0 Å². The lowest BCUT2D eigenvalue weighted by atomic mass is 9.56. The largest absolute Gasteiger partial charge is 0.0999 e. The summed E-state index contributed by atoms with van der Waals surface area (Å²) in [6.45, 7) is 8.58. The standard InChI is InChI=1S/C15H20/c1-10(2)13-8-15(9-13)5-4-12-6-11(3)7-14(12)15/h6,13H,1,4-5,7-9H2,2-3H3. The van der Waals surface area contributed by atoms with Gasteiger partial charge in [0.1, 0.15) is 0 Å². The van der Waals surface area contributed by atoms with Gasteiger partial charge in [0.05, 0.1) is 0 Å². The molecule has 1 spiro atoms. The van der Waals surface area contributed by atoms with Crippen LogP contribution in [0, 0.1) is 11.3 Å². The molecule has 0 radical (unpaired) electrons. The Morgan fingerprint density at radius 1 is 1.47 bits per heavy atom. The zero-order chi connectivity index (χ0) is 10.6. The van der Waals surface area contributed by atoms with Crippen molar-refractivity contribution in [1.29, 1.82) is 0 Å². The molecule has 0 N–H and O–H groups in total. The van der Waals surface area contributed by atoms with E-state index in [1.165, 1.54) is 37.7 Å². The van der Waals surface area contributed by atoms with Gasteiger partial charge in [-0.25, -0.2) is 0 Å². The molecule has 0 atom stereocenters. The van der Waals surface area contributed by atoms with Gasteiger partial charge in [-0.2, -0.15) is 0 Å². The topological polar surface area (TPSA) is 0 Å². The van der Waals surface area contributed by atoms with Crippen LogP contribution in [0.3, 0.4) is 0 Å². The van der Waals surface area contributed by atoms with Crippen LogP contribution < -0.4 is 0 Å². The van der Waals surface area contributed by atoms with Crippen LogP contribution in [0.25, 0.3) is 0 Å². The third kappa shape index (κ3) is 1.20. The predicted molar refractivity (Wildman–Crippen MR) is 64.6 cm³/mol. The average molecular weight is 200 g/mol. The predicted octanol–water partition coefficient (Wildman–Crippen LogP) is 4.40. The lowest BCUT2D eigenvalue weighted by Crippen LogP contribution is -2.37. The molecule has 1 fully saturated rings. The molecule has 0 aliphatic heterocycles. The number of fused-ring (bicyclic) bond motifs is 1. The Labute approximate surface area is 92.8 Å². The Hall–Kier alpha value is -0.780. The van der Waals surface area contributed by atoms with Gasteiger partial charge < -0.3 is 0 Å². The molecule has 0 unspecified atom stereocenters. The lowest BCUT2D eigenvalue weighted by molar-refractivity contribution is 0.118. The Morgan fingerprint density at radius 3 is 2.87 bits per heavy atom. The summed E-state index contributed by atoms with van der Waals surface area (Å²) in [7, 11) is 0. The Bertz CT molecular complexity index is 386. The fourth-order valence-corrected chi connectivity index (χ4v) is 3.79. The molecule has 0 amide bonds. The quantitative estimate of drug-likeness (QED) is 0.550. The van der Waals surface area contributed by atoms with Crippen LogP contribution in [0.15, 0.2) is 34.9 Å². The van der Waals surface area contributed by atoms with Crippen LogP contribution in [0.5, 0.6) is 0 Å². The van der Waals surface area contributed by atoms with Crippen LogP contribution in [0.2, 0.25) is 0 Å². The van der Waals surface area contributed by atoms with Crippen molar-refractivity contribution in [3.63, 3.8) is 0 Å². The van der Waals surface area contributed by atoms with Crippen molar-refractivity contribution in [2.24, 2.45) is 11.3 Å². The van der Waals surface area contributed by atoms with E-state index in [0.717, 1.165) is 5.92 Å². The van der Waals surface area contributed by atoms with Crippen LogP contribution in [0.1, 0.15) is 46.0 Å². The molecular weight excluding hydrogens is 180 g/mol. The van der Waals surface area contributed by atoms with Gasteiger partial charge in [-0.15, -0.1) is 0 Å². The minimum absolute atomic E-state index is 0.618. The molecule has 0 nitrogen and oxygen atoms in total. The third-order valence-corrected chi connectivity index (χ3v) is 4.75. The minimum Gasteiger partial charge on any atom is -0.0999 e. The van der Waals surface area contributed by atoms with E-state index in [1.54, 1.807) is 16.7 Å². The first-order valence-electron chi connectivity index (χ1n) is 6.16. The van der Waals surface area contributed by atoms with Crippen LogP contribution in [-0.2, 0) is 0 Å². The summed E-state index contributed by atoms with van der Waals surface area (Å²) in [5, 5.41) is 0. The van der Waals surface area contributed by atoms with Crippen molar-refractivity contribution in [2.75, 3.05) is 0 Å². The van der Waals surface area contributed by atoms with E-state index in [0.29, 0.717) is 5.41 Å². The smallest absolute Gasteiger partial charge is 0.00645 e. The fraction of sp³-hybridized carbons (Fsp3) is 0.600. The van der Waals surface area contributed by atoms with Gasteiger partial charge in [0, 0.05) is 0 Å². The summed E-state index contributed by atoms with van der Waals surface area (Å²) in [6, 6.07) is 0. The maximum absolute atomic E-state index is 4.10. The van der Waals surface area contributed by atoms with E-state index in [-0.39, 0.29) is 0 Å². The normalized spacial score (nSPS) is 38.0. The van der Waals surface area contributed by atoms with E-state index in [4.69, 9.17) is 0 Å². The number of hydrogen-bond donors (Lipinski definition) is 0. The minimum atomic E-state index is 0.618. The first-order valence-corrected chi connectivity index (χ1v) is 6.16. The molecule has 3 aliphatic carbocycles. The molecule has 80 valence electrons. The summed E-state index contributed by atoms with van der Waals surface area (Å²) in [6.07, 6.45) is 9.27. The van der Waals surface area contributed by atoms with Crippen LogP contribution in [0.4, 0.5) is 0 Å². The van der Waals surface area contributed by atoms with Gasteiger partial charge in [-0.1, -0.05) is 29.4 Å². The first kappa shape index (κ1) is 9.45. The second-order valence-corrected chi connectivity index (χ2v) is 5.90. The number of hydrogen-bond acceptors (Lipinski definition) is 0. The summed E-state index contributed by atoms with van der Waals surface area (Å²) < 4.78 is 0. The highest BCUT2D eigenvalue weighted by Gasteiger charge is 2.50. The maximum Gasteiger partial charge on any atom is -0.00645 e. The zero-order valence-corrected chi connectivity index (χ0v) is 9.90. The molecule has 0 heterocycles. The molecule has 0 bridgehead atoms. The molecule has 3 aliphatic rings. The van der Waals surface area contributed by atoms with E-state index in [2.05, 4.69) is 26.5 Å². The monoisotopic (exact) mass is 200 g/mol. The van der Waals surface area contributed by atoms with Crippen molar-refractivity contribution < 1.29 is 0 Å². The van der Waals surface area contributed by atoms with E-state index in [1.807, 2.05) is 0 Å². The fourth-order valence-electron chi connectivity index (χ4n) is 3.79. The van der Waals surface area contributed by atoms with Gasteiger partial charge in [0.2, 0.25) is 0 Å². The molecule has 1 saturated carbocycles. The zero-order valence-electron chi connectivity index (χ0n) is 9.90. The molecule has 15 heavy (non-hydrogen) atoms. The van der Waals surface area contributed by atoms with Gasteiger partial charge in [0.15, 0.2) is 0 Å². The second-order valence-electron chi connectivity index (χ2n) is 5.90. The van der Waals surface area contributed by atoms with E-state index < -0.39 is 0 Å². The molecule has 0 aromatic rings. The van der Waals surface area contributed by atoms with Gasteiger partial charge in [0.25, 0.3) is 0 Å². The second kappa shape index (κ2) is 2.87. The summed E-state index contributed by atoms with van der Waals surface area (Å²) in [5.74, 6) is 0.817. The summed E-state index contributed by atoms with van der Waals surface area (Å²) in [4.78, 5) is 0. The first-order chi connectivity index (χ1) is 7.11. The molecular formula is C15H20. The lowest BCUT2D eigenvalue weighted by Gasteiger charge is -2.48. The highest BCUT2D eigenvalue weighted by molar-refractivity contribution is 5.47. The van der Waals surface area contributed by atoms with E-state index >= 15 is 0 Å². The molecule has 0 aromatic carbocycles. The van der Waals surface area contributed by atoms with Crippen LogP contribution >= 0.6 is 0 Å². The molecule has 3 rings (SSSR count). The van der Waals surface area contributed by atoms with Crippen molar-refractivity contribution in [1.82, 2.24) is 0 Å². The van der Waals surface area contributed by atoms with Gasteiger partial charge in [-0.05, 0) is 62.9 Å². The van der Waals surface area contributed by atoms with E-state index in [9.17, 15) is 0 Å². The van der Waals surface area contributed by atoms with Crippen molar-refractivity contribution in [3.05, 3.63) is 34.9 Å². The van der Waals surface area contributed by atoms with Crippen molar-refractivity contribution in [3.8, 4) is 0 Å². The van der Waals surface area contributed by atoms with Crippen LogP contribution in [-0.4, -0.2) is 0 Å². The molecule has 0 aromatic heterocycles. The molecule has 0 heteroatoms. The third-order valence-electron chi connectivity index (χ3n) is 4.75. The molecule has 0 saturated heterocycles. The maximum atomic E-state index is 4.10. The summed E-state index contributed by atoms with van der Waals surface area (Å²) >= 11 is 0. The summed E-state index contributed by atoms with van der Waals surface area (Å²) in [5.41, 5.74) is 7.09. The Kier molecular flexibility index (Phi) is 1.81. The Morgan fingerprint density at radius 2 is 2.20 bits per heavy atom. The highest BCUT2D eigenvalue weighted by atomic mass is 14.5. The SMILES string of the molecule is C=C(C)C1CC2(CCC3=C2CC(C)=C3)C1. The Balaban J connectivity index is 1.80. The average Bonchev–Trinajstić information content (AvgIpc) is 2.57.